The molecule has 1 aromatic carbocycles. The third kappa shape index (κ3) is 4.48. The number of halogens is 2. The standard InChI is InChI=1S/C15H18BrClN4O/c1-10-14(16)11(2)21(20-10)9-3-8-18-15(22)19-13-6-4-12(17)5-7-13/h4-7H,3,8-9H2,1-2H3,(H2,18,19,22). The number of amides is 2. The van der Waals surface area contributed by atoms with Gasteiger partial charge in [0.25, 0.3) is 0 Å². The zero-order valence-electron chi connectivity index (χ0n) is 12.5. The first kappa shape index (κ1) is 16.8. The van der Waals surface area contributed by atoms with Crippen LogP contribution in [-0.4, -0.2) is 22.4 Å². The van der Waals surface area contributed by atoms with E-state index in [9.17, 15) is 4.79 Å². The Morgan fingerprint density at radius 3 is 2.59 bits per heavy atom. The fraction of sp³-hybridized carbons (Fsp3) is 0.333. The second-order valence-corrected chi connectivity index (χ2v) is 6.18. The van der Waals surface area contributed by atoms with E-state index in [-0.39, 0.29) is 6.03 Å². The summed E-state index contributed by atoms with van der Waals surface area (Å²) in [4.78, 5) is 11.7. The van der Waals surface area contributed by atoms with Gasteiger partial charge in [-0.1, -0.05) is 11.6 Å². The van der Waals surface area contributed by atoms with Crippen molar-refractivity contribution in [3.05, 3.63) is 45.1 Å². The summed E-state index contributed by atoms with van der Waals surface area (Å²) in [6.07, 6.45) is 0.808. The average molecular weight is 386 g/mol. The van der Waals surface area contributed by atoms with Crippen LogP contribution in [0.4, 0.5) is 10.5 Å². The highest BCUT2D eigenvalue weighted by molar-refractivity contribution is 9.10. The Bertz CT molecular complexity index is 654. The van der Waals surface area contributed by atoms with Crippen LogP contribution in [0.5, 0.6) is 0 Å². The van der Waals surface area contributed by atoms with Crippen LogP contribution < -0.4 is 10.6 Å². The Labute approximate surface area is 143 Å². The molecule has 118 valence electrons. The molecule has 7 heteroatoms. The number of aromatic nitrogens is 2. The first-order valence-electron chi connectivity index (χ1n) is 6.97. The van der Waals surface area contributed by atoms with Gasteiger partial charge >= 0.3 is 6.03 Å². The maximum atomic E-state index is 11.7. The number of urea groups is 1. The molecule has 0 aliphatic rings. The second-order valence-electron chi connectivity index (χ2n) is 4.95. The van der Waals surface area contributed by atoms with E-state index in [1.807, 2.05) is 18.5 Å². The van der Waals surface area contributed by atoms with Crippen LogP contribution in [0, 0.1) is 13.8 Å². The molecular formula is C15H18BrClN4O. The fourth-order valence-corrected chi connectivity index (χ4v) is 2.44. The molecule has 0 aliphatic carbocycles. The molecule has 0 spiro atoms. The highest BCUT2D eigenvalue weighted by Crippen LogP contribution is 2.19. The van der Waals surface area contributed by atoms with Gasteiger partial charge in [-0.25, -0.2) is 4.79 Å². The van der Waals surface area contributed by atoms with Gasteiger partial charge in [0.15, 0.2) is 0 Å². The molecule has 0 saturated heterocycles. The minimum atomic E-state index is -0.225. The summed E-state index contributed by atoms with van der Waals surface area (Å²) in [6.45, 7) is 5.32. The molecule has 2 aromatic rings. The van der Waals surface area contributed by atoms with E-state index in [1.54, 1.807) is 24.3 Å². The zero-order valence-corrected chi connectivity index (χ0v) is 14.8. The van der Waals surface area contributed by atoms with Gasteiger partial charge in [0.05, 0.1) is 10.2 Å². The number of hydrogen-bond acceptors (Lipinski definition) is 2. The Kier molecular flexibility index (Phi) is 5.85. The topological polar surface area (TPSA) is 59.0 Å². The van der Waals surface area contributed by atoms with Gasteiger partial charge in [-0.3, -0.25) is 4.68 Å². The van der Waals surface area contributed by atoms with Crippen molar-refractivity contribution < 1.29 is 4.79 Å². The van der Waals surface area contributed by atoms with Gasteiger partial charge in [0.1, 0.15) is 0 Å². The third-order valence-electron chi connectivity index (χ3n) is 3.23. The molecule has 2 N–H and O–H groups in total. The normalized spacial score (nSPS) is 10.5. The molecule has 0 aliphatic heterocycles. The van der Waals surface area contributed by atoms with Gasteiger partial charge in [-0.05, 0) is 60.5 Å². The maximum Gasteiger partial charge on any atom is 0.319 e. The van der Waals surface area contributed by atoms with Crippen molar-refractivity contribution in [3.63, 3.8) is 0 Å². The van der Waals surface area contributed by atoms with Crippen molar-refractivity contribution in [3.8, 4) is 0 Å². The van der Waals surface area contributed by atoms with E-state index in [1.165, 1.54) is 0 Å². The van der Waals surface area contributed by atoms with Gasteiger partial charge in [-0.2, -0.15) is 5.10 Å². The molecule has 2 amide bonds. The number of rotatable bonds is 5. The van der Waals surface area contributed by atoms with Crippen molar-refractivity contribution >= 4 is 39.2 Å². The Morgan fingerprint density at radius 1 is 1.32 bits per heavy atom. The Morgan fingerprint density at radius 2 is 2.00 bits per heavy atom. The number of nitrogens with zero attached hydrogens (tertiary/aromatic N) is 2. The van der Waals surface area contributed by atoms with Crippen molar-refractivity contribution in [2.45, 2.75) is 26.8 Å². The molecule has 5 nitrogen and oxygen atoms in total. The summed E-state index contributed by atoms with van der Waals surface area (Å²) in [5, 5.41) is 10.6. The first-order chi connectivity index (χ1) is 10.5. The number of carbonyl (C=O) groups is 1. The highest BCUT2D eigenvalue weighted by atomic mass is 79.9. The van der Waals surface area contributed by atoms with E-state index < -0.39 is 0 Å². The number of anilines is 1. The predicted molar refractivity (Wildman–Crippen MR) is 92.5 cm³/mol. The summed E-state index contributed by atoms with van der Waals surface area (Å²) in [5.74, 6) is 0. The Hall–Kier alpha value is -1.53. The summed E-state index contributed by atoms with van der Waals surface area (Å²) < 4.78 is 2.99. The van der Waals surface area contributed by atoms with Crippen molar-refractivity contribution in [2.75, 3.05) is 11.9 Å². The van der Waals surface area contributed by atoms with E-state index in [4.69, 9.17) is 11.6 Å². The quantitative estimate of drug-likeness (QED) is 0.760. The predicted octanol–water partition coefficient (Wildman–Crippen LogP) is 4.13. The molecule has 1 heterocycles. The van der Waals surface area contributed by atoms with Gasteiger partial charge < -0.3 is 10.6 Å². The number of hydrogen-bond donors (Lipinski definition) is 2. The first-order valence-corrected chi connectivity index (χ1v) is 8.14. The number of benzene rings is 1. The van der Waals surface area contributed by atoms with E-state index in [0.717, 1.165) is 28.8 Å². The van der Waals surface area contributed by atoms with Crippen molar-refractivity contribution in [1.82, 2.24) is 15.1 Å². The van der Waals surface area contributed by atoms with E-state index in [2.05, 4.69) is 31.7 Å². The average Bonchev–Trinajstić information content (AvgIpc) is 2.73. The van der Waals surface area contributed by atoms with Crippen molar-refractivity contribution in [1.29, 1.82) is 0 Å². The lowest BCUT2D eigenvalue weighted by atomic mass is 10.3. The van der Waals surface area contributed by atoms with Gasteiger partial charge in [0.2, 0.25) is 0 Å². The zero-order chi connectivity index (χ0) is 16.1. The van der Waals surface area contributed by atoms with Crippen LogP contribution in [0.15, 0.2) is 28.7 Å². The molecule has 1 aromatic heterocycles. The summed E-state index contributed by atoms with van der Waals surface area (Å²) in [6, 6.07) is 6.76. The monoisotopic (exact) mass is 384 g/mol. The van der Waals surface area contributed by atoms with Crippen LogP contribution in [0.1, 0.15) is 17.8 Å². The molecule has 0 fully saturated rings. The van der Waals surface area contributed by atoms with Gasteiger partial charge in [0, 0.05) is 29.5 Å². The van der Waals surface area contributed by atoms with Crippen LogP contribution in [-0.2, 0) is 6.54 Å². The van der Waals surface area contributed by atoms with Crippen LogP contribution in [0.2, 0.25) is 5.02 Å². The largest absolute Gasteiger partial charge is 0.338 e. The molecule has 0 atom stereocenters. The molecule has 0 saturated carbocycles. The van der Waals surface area contributed by atoms with E-state index >= 15 is 0 Å². The molecule has 22 heavy (non-hydrogen) atoms. The molecule has 0 bridgehead atoms. The summed E-state index contributed by atoms with van der Waals surface area (Å²) in [5.41, 5.74) is 2.79. The van der Waals surface area contributed by atoms with Crippen molar-refractivity contribution in [2.24, 2.45) is 0 Å². The SMILES string of the molecule is Cc1nn(CCCNC(=O)Nc2ccc(Cl)cc2)c(C)c1Br. The molecular weight excluding hydrogens is 368 g/mol. The molecule has 0 radical (unpaired) electrons. The lowest BCUT2D eigenvalue weighted by Crippen LogP contribution is -2.30. The molecule has 2 rings (SSSR count). The minimum Gasteiger partial charge on any atom is -0.338 e. The second kappa shape index (κ2) is 7.65. The summed E-state index contributed by atoms with van der Waals surface area (Å²) >= 11 is 9.30. The smallest absolute Gasteiger partial charge is 0.319 e. The number of aryl methyl sites for hydroxylation is 2. The fourth-order valence-electron chi connectivity index (χ4n) is 2.03. The number of carbonyl (C=O) groups excluding carboxylic acids is 1. The summed E-state index contributed by atoms with van der Waals surface area (Å²) in [7, 11) is 0. The highest BCUT2D eigenvalue weighted by Gasteiger charge is 2.08. The van der Waals surface area contributed by atoms with Crippen LogP contribution >= 0.6 is 27.5 Å². The third-order valence-corrected chi connectivity index (χ3v) is 4.63. The lowest BCUT2D eigenvalue weighted by Gasteiger charge is -2.08. The van der Waals surface area contributed by atoms with Gasteiger partial charge in [-0.15, -0.1) is 0 Å². The van der Waals surface area contributed by atoms with Crippen LogP contribution in [0.25, 0.3) is 0 Å². The minimum absolute atomic E-state index is 0.225. The Balaban J connectivity index is 1.73. The van der Waals surface area contributed by atoms with Crippen LogP contribution in [0.3, 0.4) is 0 Å². The maximum absolute atomic E-state index is 11.7. The van der Waals surface area contributed by atoms with E-state index in [0.29, 0.717) is 17.3 Å². The lowest BCUT2D eigenvalue weighted by molar-refractivity contribution is 0.251. The number of nitrogens with one attached hydrogen (secondary N) is 2. The molecule has 0 unspecified atom stereocenters.